The summed E-state index contributed by atoms with van der Waals surface area (Å²) < 4.78 is 11.7. The molecule has 5 nitrogen and oxygen atoms in total. The zero-order valence-electron chi connectivity index (χ0n) is 15.7. The maximum Gasteiger partial charge on any atom is 0.255 e. The van der Waals surface area contributed by atoms with Crippen molar-refractivity contribution in [3.05, 3.63) is 29.8 Å². The average molecular weight is 358 g/mol. The number of fused-ring (bicyclic) bond motifs is 2. The van der Waals surface area contributed by atoms with Crippen LogP contribution >= 0.6 is 0 Å². The molecule has 0 N–H and O–H groups in total. The largest absolute Gasteiger partial charge is 0.376 e. The molecule has 2 fully saturated rings. The first kappa shape index (κ1) is 18.0. The summed E-state index contributed by atoms with van der Waals surface area (Å²) in [5.41, 5.74) is 2.30. The number of para-hydroxylation sites is 1. The number of anilines is 1. The third kappa shape index (κ3) is 3.80. The van der Waals surface area contributed by atoms with E-state index in [1.165, 1.54) is 24.8 Å². The Morgan fingerprint density at radius 3 is 3.00 bits per heavy atom. The zero-order chi connectivity index (χ0) is 17.9. The SMILES string of the molecule is CC(OCC1CCCCO1)C(=O)N1CC2CCCN2Cc2ccccc21. The normalized spacial score (nSPS) is 27.5. The van der Waals surface area contributed by atoms with Gasteiger partial charge in [0, 0.05) is 31.4 Å². The Labute approximate surface area is 156 Å². The first-order chi connectivity index (χ1) is 12.7. The van der Waals surface area contributed by atoms with Crippen LogP contribution in [0.5, 0.6) is 0 Å². The Kier molecular flexibility index (Phi) is 5.57. The van der Waals surface area contributed by atoms with Crippen LogP contribution in [0.15, 0.2) is 24.3 Å². The second-order valence-corrected chi connectivity index (χ2v) is 7.81. The minimum Gasteiger partial charge on any atom is -0.376 e. The summed E-state index contributed by atoms with van der Waals surface area (Å²) in [4.78, 5) is 17.7. The smallest absolute Gasteiger partial charge is 0.255 e. The number of amides is 1. The van der Waals surface area contributed by atoms with Crippen molar-refractivity contribution >= 4 is 11.6 Å². The van der Waals surface area contributed by atoms with E-state index in [0.29, 0.717) is 12.6 Å². The highest BCUT2D eigenvalue weighted by Gasteiger charge is 2.35. The number of carbonyl (C=O) groups excluding carboxylic acids is 1. The lowest BCUT2D eigenvalue weighted by atomic mass is 10.1. The van der Waals surface area contributed by atoms with Crippen LogP contribution in [0.3, 0.4) is 0 Å². The maximum atomic E-state index is 13.2. The first-order valence-electron chi connectivity index (χ1n) is 10.1. The van der Waals surface area contributed by atoms with E-state index in [9.17, 15) is 4.79 Å². The van der Waals surface area contributed by atoms with Crippen LogP contribution in [0, 0.1) is 0 Å². The van der Waals surface area contributed by atoms with Gasteiger partial charge in [-0.2, -0.15) is 0 Å². The predicted octanol–water partition coefficient (Wildman–Crippen LogP) is 2.97. The van der Waals surface area contributed by atoms with Crippen LogP contribution in [0.1, 0.15) is 44.6 Å². The Hall–Kier alpha value is -1.43. The van der Waals surface area contributed by atoms with Crippen molar-refractivity contribution in [2.24, 2.45) is 0 Å². The molecule has 142 valence electrons. The highest BCUT2D eigenvalue weighted by molar-refractivity contribution is 5.97. The molecule has 3 atom stereocenters. The number of ether oxygens (including phenoxy) is 2. The van der Waals surface area contributed by atoms with Gasteiger partial charge in [-0.05, 0) is 57.2 Å². The topological polar surface area (TPSA) is 42.0 Å². The summed E-state index contributed by atoms with van der Waals surface area (Å²) in [5.74, 6) is 0.0713. The van der Waals surface area contributed by atoms with Gasteiger partial charge in [-0.1, -0.05) is 18.2 Å². The molecule has 0 radical (unpaired) electrons. The minimum atomic E-state index is -0.443. The molecule has 0 aliphatic carbocycles. The summed E-state index contributed by atoms with van der Waals surface area (Å²) in [6.45, 7) is 6.04. The van der Waals surface area contributed by atoms with E-state index >= 15 is 0 Å². The Balaban J connectivity index is 1.46. The fraction of sp³-hybridized carbons (Fsp3) is 0.667. The number of hydrogen-bond acceptors (Lipinski definition) is 4. The molecule has 3 aliphatic heterocycles. The van der Waals surface area contributed by atoms with Crippen LogP contribution < -0.4 is 4.90 Å². The molecule has 1 aromatic rings. The fourth-order valence-electron chi connectivity index (χ4n) is 4.44. The van der Waals surface area contributed by atoms with E-state index in [1.54, 1.807) is 0 Å². The predicted molar refractivity (Wildman–Crippen MR) is 101 cm³/mol. The van der Waals surface area contributed by atoms with Gasteiger partial charge in [0.25, 0.3) is 5.91 Å². The number of nitrogens with zero attached hydrogens (tertiary/aromatic N) is 2. The van der Waals surface area contributed by atoms with E-state index in [0.717, 1.165) is 44.8 Å². The fourth-order valence-corrected chi connectivity index (χ4v) is 4.44. The van der Waals surface area contributed by atoms with Crippen molar-refractivity contribution in [2.45, 2.75) is 63.8 Å². The molecular formula is C21H30N2O3. The quantitative estimate of drug-likeness (QED) is 0.830. The summed E-state index contributed by atoms with van der Waals surface area (Å²) >= 11 is 0. The number of hydrogen-bond donors (Lipinski definition) is 0. The number of benzene rings is 1. The lowest BCUT2D eigenvalue weighted by Gasteiger charge is -2.29. The Morgan fingerprint density at radius 2 is 2.15 bits per heavy atom. The molecule has 1 amide bonds. The van der Waals surface area contributed by atoms with Gasteiger partial charge in [-0.25, -0.2) is 0 Å². The van der Waals surface area contributed by atoms with Gasteiger partial charge < -0.3 is 14.4 Å². The summed E-state index contributed by atoms with van der Waals surface area (Å²) in [7, 11) is 0. The van der Waals surface area contributed by atoms with Crippen molar-refractivity contribution in [1.82, 2.24) is 4.90 Å². The molecule has 3 aliphatic rings. The van der Waals surface area contributed by atoms with Crippen molar-refractivity contribution < 1.29 is 14.3 Å². The molecule has 0 bridgehead atoms. The van der Waals surface area contributed by atoms with E-state index in [1.807, 2.05) is 17.9 Å². The van der Waals surface area contributed by atoms with Crippen molar-refractivity contribution in [3.63, 3.8) is 0 Å². The van der Waals surface area contributed by atoms with Gasteiger partial charge >= 0.3 is 0 Å². The number of carbonyl (C=O) groups is 1. The van der Waals surface area contributed by atoms with Gasteiger partial charge in [-0.3, -0.25) is 9.69 Å². The zero-order valence-corrected chi connectivity index (χ0v) is 15.7. The first-order valence-corrected chi connectivity index (χ1v) is 10.1. The monoisotopic (exact) mass is 358 g/mol. The second-order valence-electron chi connectivity index (χ2n) is 7.81. The van der Waals surface area contributed by atoms with Crippen LogP contribution in [-0.4, -0.2) is 55.4 Å². The summed E-state index contributed by atoms with van der Waals surface area (Å²) in [5, 5.41) is 0. The van der Waals surface area contributed by atoms with E-state index < -0.39 is 6.10 Å². The summed E-state index contributed by atoms with van der Waals surface area (Å²) in [6.07, 6.45) is 5.44. The molecule has 0 spiro atoms. The van der Waals surface area contributed by atoms with Crippen LogP contribution in [0.4, 0.5) is 5.69 Å². The van der Waals surface area contributed by atoms with Gasteiger partial charge in [-0.15, -0.1) is 0 Å². The summed E-state index contributed by atoms with van der Waals surface area (Å²) in [6, 6.07) is 8.78. The van der Waals surface area contributed by atoms with Crippen LogP contribution in [-0.2, 0) is 20.8 Å². The van der Waals surface area contributed by atoms with Crippen molar-refractivity contribution in [1.29, 1.82) is 0 Å². The molecule has 3 heterocycles. The van der Waals surface area contributed by atoms with Gasteiger partial charge in [0.1, 0.15) is 6.10 Å². The molecule has 5 heteroatoms. The second kappa shape index (κ2) is 8.07. The molecule has 1 aromatic carbocycles. The molecular weight excluding hydrogens is 328 g/mol. The van der Waals surface area contributed by atoms with E-state index in [2.05, 4.69) is 23.1 Å². The van der Waals surface area contributed by atoms with Crippen molar-refractivity contribution in [2.75, 3.05) is 31.2 Å². The van der Waals surface area contributed by atoms with Crippen LogP contribution in [0.25, 0.3) is 0 Å². The van der Waals surface area contributed by atoms with Crippen LogP contribution in [0.2, 0.25) is 0 Å². The molecule has 4 rings (SSSR count). The molecule has 3 unspecified atom stereocenters. The highest BCUT2D eigenvalue weighted by atomic mass is 16.5. The maximum absolute atomic E-state index is 13.2. The van der Waals surface area contributed by atoms with Gasteiger partial charge in [0.05, 0.1) is 12.7 Å². The molecule has 0 saturated carbocycles. The average Bonchev–Trinajstić information content (AvgIpc) is 3.05. The third-order valence-corrected chi connectivity index (χ3v) is 5.97. The molecule has 26 heavy (non-hydrogen) atoms. The van der Waals surface area contributed by atoms with Crippen molar-refractivity contribution in [3.8, 4) is 0 Å². The van der Waals surface area contributed by atoms with Gasteiger partial charge in [0.15, 0.2) is 0 Å². The Morgan fingerprint density at radius 1 is 1.27 bits per heavy atom. The highest BCUT2D eigenvalue weighted by Crippen LogP contribution is 2.32. The van der Waals surface area contributed by atoms with E-state index in [-0.39, 0.29) is 12.0 Å². The Bertz CT molecular complexity index is 629. The van der Waals surface area contributed by atoms with E-state index in [4.69, 9.17) is 9.47 Å². The third-order valence-electron chi connectivity index (χ3n) is 5.97. The van der Waals surface area contributed by atoms with Gasteiger partial charge in [0.2, 0.25) is 0 Å². The standard InChI is InChI=1S/C21H30N2O3/c1-16(26-15-19-9-4-5-12-25-19)21(24)23-14-18-8-6-11-22(18)13-17-7-2-3-10-20(17)23/h2-3,7,10,16,18-19H,4-6,8-9,11-15H2,1H3. The molecule has 2 saturated heterocycles. The number of rotatable bonds is 4. The molecule has 0 aromatic heterocycles. The minimum absolute atomic E-state index is 0.0713. The lowest BCUT2D eigenvalue weighted by Crippen LogP contribution is -2.45. The lowest BCUT2D eigenvalue weighted by molar-refractivity contribution is -0.133.